The van der Waals surface area contributed by atoms with Crippen LogP contribution >= 0.6 is 0 Å². The number of piperidine rings is 1. The molecule has 1 aromatic heterocycles. The summed E-state index contributed by atoms with van der Waals surface area (Å²) in [5.74, 6) is 0.894. The fraction of sp³-hybridized carbons (Fsp3) is 0.643. The minimum atomic E-state index is -1.26. The van der Waals surface area contributed by atoms with E-state index in [1.165, 1.54) is 12.0 Å². The molecule has 1 N–H and O–H groups in total. The Morgan fingerprint density at radius 1 is 0.836 bits per heavy atom. The lowest BCUT2D eigenvalue weighted by Crippen LogP contribution is -2.53. The van der Waals surface area contributed by atoms with Crippen molar-refractivity contribution >= 4 is 17.9 Å². The van der Waals surface area contributed by atoms with Gasteiger partial charge in [-0.3, -0.25) is 0 Å². The minimum Gasteiger partial charge on any atom is -0.497 e. The summed E-state index contributed by atoms with van der Waals surface area (Å²) in [5, 5.41) is 52.8. The number of tetrazole rings is 1. The Labute approximate surface area is 415 Å². The highest BCUT2D eigenvalue weighted by atomic mass is 17.0. The molecule has 3 heterocycles. The smallest absolute Gasteiger partial charge is 0.497 e. The second-order valence-electron chi connectivity index (χ2n) is 16.5. The lowest BCUT2D eigenvalue weighted by Gasteiger charge is -2.44. The number of likely N-dealkylation sites (tertiary alicyclic amines) is 1. The molecule has 2 aliphatic heterocycles. The molecule has 1 amide bonds. The molecule has 2 aromatic carbocycles. The molecule has 0 spiro atoms. The number of rotatable bonds is 33. The van der Waals surface area contributed by atoms with Crippen molar-refractivity contribution in [2.24, 2.45) is 0 Å². The molecule has 2 aliphatic rings. The number of nitrogens with one attached hydrogen (secondary N) is 1. The molecule has 0 radical (unpaired) electrons. The summed E-state index contributed by atoms with van der Waals surface area (Å²) < 4.78 is 40.2. The first-order valence-electron chi connectivity index (χ1n) is 23.1. The van der Waals surface area contributed by atoms with Crippen LogP contribution in [0.2, 0.25) is 0 Å². The monoisotopic (exact) mass is 1040 g/mol. The van der Waals surface area contributed by atoms with E-state index >= 15 is 0 Å². The number of aromatic nitrogens is 4. The summed E-state index contributed by atoms with van der Waals surface area (Å²) >= 11 is 0. The van der Waals surface area contributed by atoms with Crippen LogP contribution in [-0.4, -0.2) is 156 Å². The molecule has 402 valence electrons. The van der Waals surface area contributed by atoms with Crippen molar-refractivity contribution in [2.75, 3.05) is 78.4 Å². The van der Waals surface area contributed by atoms with Gasteiger partial charge in [0.25, 0.3) is 20.3 Å². The number of carbonyl (C=O) groups excluding carboxylic acids is 2. The van der Waals surface area contributed by atoms with Crippen LogP contribution in [0.15, 0.2) is 42.5 Å². The number of carbonyl (C=O) groups is 2. The molecule has 0 aliphatic carbocycles. The van der Waals surface area contributed by atoms with Gasteiger partial charge in [0.2, 0.25) is 5.82 Å². The van der Waals surface area contributed by atoms with E-state index in [-0.39, 0.29) is 89.5 Å². The second kappa shape index (κ2) is 29.5. The Kier molecular flexibility index (Phi) is 22.7. The van der Waals surface area contributed by atoms with E-state index in [9.17, 15) is 50.0 Å². The number of ether oxygens (including phenoxy) is 7. The number of H-pyrrole nitrogens is 1. The normalized spacial score (nSPS) is 17.4. The van der Waals surface area contributed by atoms with Gasteiger partial charge in [-0.25, -0.2) is 9.59 Å². The fourth-order valence-electron chi connectivity index (χ4n) is 8.22. The number of unbranched alkanes of at least 4 members (excludes halogenated alkanes) is 2. The van der Waals surface area contributed by atoms with Crippen molar-refractivity contribution < 1.29 is 82.4 Å². The van der Waals surface area contributed by atoms with Crippen LogP contribution in [0.3, 0.4) is 0 Å². The fourth-order valence-corrected chi connectivity index (χ4v) is 8.22. The Morgan fingerprint density at radius 2 is 1.51 bits per heavy atom. The first kappa shape index (κ1) is 56.1. The van der Waals surface area contributed by atoms with Gasteiger partial charge in [-0.05, 0) is 86.8 Å². The number of nitrogens with zero attached hydrogens (tertiary/aromatic N) is 9. The predicted molar refractivity (Wildman–Crippen MR) is 243 cm³/mol. The summed E-state index contributed by atoms with van der Waals surface area (Å²) in [6.45, 7) is 0.882. The number of hydrogen-bond acceptors (Lipinski definition) is 25. The molecule has 1 fully saturated rings. The average Bonchev–Trinajstić information content (AvgIpc) is 3.91. The van der Waals surface area contributed by atoms with Crippen LogP contribution in [0.4, 0.5) is 15.3 Å². The zero-order valence-electron chi connectivity index (χ0n) is 40.0. The first-order chi connectivity index (χ1) is 35.2. The largest absolute Gasteiger partial charge is 0.508 e. The quantitative estimate of drug-likeness (QED) is 0.0379. The Hall–Kier alpha value is -7.83. The van der Waals surface area contributed by atoms with Crippen molar-refractivity contribution in [3.8, 4) is 11.5 Å². The SMILES string of the molecule is COCCCN1CCOc2ccc(COC3CN(C(=O)OCCCCC(CO[N+](=O)[O-])O[N+](=O)[O-])C(CC(OC(=O)OCCCCC(CO[N+](=O)[O-])O[N+](=O)[O-])c4nn[nH]n4)CC3c3ccc(OC)cc3)cc21. The van der Waals surface area contributed by atoms with E-state index in [1.807, 2.05) is 30.3 Å². The molecule has 3 aromatic rings. The maximum absolute atomic E-state index is 14.3. The molecule has 31 nitrogen and oxygen atoms in total. The molecule has 73 heavy (non-hydrogen) atoms. The predicted octanol–water partition coefficient (Wildman–Crippen LogP) is 4.52. The third-order valence-corrected chi connectivity index (χ3v) is 11.7. The summed E-state index contributed by atoms with van der Waals surface area (Å²) in [6.07, 6.45) is -4.83. The number of benzene rings is 2. The lowest BCUT2D eigenvalue weighted by atomic mass is 9.81. The molecule has 0 saturated carbocycles. The van der Waals surface area contributed by atoms with Crippen molar-refractivity contribution in [1.82, 2.24) is 25.5 Å². The van der Waals surface area contributed by atoms with Crippen molar-refractivity contribution in [3.63, 3.8) is 0 Å². The van der Waals surface area contributed by atoms with Gasteiger partial charge >= 0.3 is 12.2 Å². The zero-order chi connectivity index (χ0) is 52.5. The Bertz CT molecular complexity index is 2210. The highest BCUT2D eigenvalue weighted by molar-refractivity contribution is 5.68. The third-order valence-electron chi connectivity index (χ3n) is 11.7. The Balaban J connectivity index is 1.35. The van der Waals surface area contributed by atoms with Crippen LogP contribution < -0.4 is 14.4 Å². The molecule has 31 heteroatoms. The van der Waals surface area contributed by atoms with E-state index in [1.54, 1.807) is 19.2 Å². The second-order valence-corrected chi connectivity index (χ2v) is 16.5. The minimum absolute atomic E-state index is 0.0346. The summed E-state index contributed by atoms with van der Waals surface area (Å²) in [4.78, 5) is 91.7. The van der Waals surface area contributed by atoms with E-state index in [0.717, 1.165) is 35.5 Å². The van der Waals surface area contributed by atoms with Gasteiger partial charge in [0.15, 0.2) is 6.10 Å². The first-order valence-corrected chi connectivity index (χ1v) is 23.1. The summed E-state index contributed by atoms with van der Waals surface area (Å²) in [6, 6.07) is 12.4. The van der Waals surface area contributed by atoms with Crippen molar-refractivity contribution in [2.45, 2.75) is 101 Å². The maximum Gasteiger partial charge on any atom is 0.508 e. The van der Waals surface area contributed by atoms with Crippen molar-refractivity contribution in [3.05, 3.63) is 99.9 Å². The molecule has 1 saturated heterocycles. The topological polar surface area (TPSA) is 369 Å². The van der Waals surface area contributed by atoms with Gasteiger partial charge in [-0.2, -0.15) is 5.21 Å². The molecule has 6 atom stereocenters. The number of hydrogen-bond donors (Lipinski definition) is 1. The van der Waals surface area contributed by atoms with Gasteiger partial charge in [0.1, 0.15) is 43.5 Å². The van der Waals surface area contributed by atoms with E-state index < -0.39 is 76.3 Å². The molecule has 5 rings (SSSR count). The van der Waals surface area contributed by atoms with Gasteiger partial charge < -0.3 is 62.3 Å². The summed E-state index contributed by atoms with van der Waals surface area (Å²) in [7, 11) is 3.19. The van der Waals surface area contributed by atoms with Gasteiger partial charge in [-0.15, -0.1) is 50.7 Å². The van der Waals surface area contributed by atoms with Crippen LogP contribution in [0.5, 0.6) is 11.5 Å². The molecular formula is C42H58N10O21. The number of amides is 1. The van der Waals surface area contributed by atoms with Crippen molar-refractivity contribution in [1.29, 1.82) is 0 Å². The van der Waals surface area contributed by atoms with E-state index in [2.05, 4.69) is 44.9 Å². The number of anilines is 1. The molecule has 6 unspecified atom stereocenters. The third kappa shape index (κ3) is 19.0. The van der Waals surface area contributed by atoms with E-state index in [4.69, 9.17) is 33.2 Å². The van der Waals surface area contributed by atoms with Crippen LogP contribution in [-0.2, 0) is 49.6 Å². The highest BCUT2D eigenvalue weighted by Gasteiger charge is 2.42. The maximum atomic E-state index is 14.3. The zero-order valence-corrected chi connectivity index (χ0v) is 40.0. The Morgan fingerprint density at radius 3 is 2.11 bits per heavy atom. The highest BCUT2D eigenvalue weighted by Crippen LogP contribution is 2.40. The number of fused-ring (bicyclic) bond motifs is 1. The molecular weight excluding hydrogens is 981 g/mol. The number of aromatic amines is 1. The van der Waals surface area contributed by atoms with Gasteiger partial charge in [0, 0.05) is 38.6 Å². The molecule has 0 bridgehead atoms. The van der Waals surface area contributed by atoms with Crippen LogP contribution in [0, 0.1) is 40.5 Å². The summed E-state index contributed by atoms with van der Waals surface area (Å²) in [5.41, 5.74) is 2.59. The number of methoxy groups -OCH3 is 2. The van der Waals surface area contributed by atoms with Crippen LogP contribution in [0.1, 0.15) is 86.8 Å². The average molecular weight is 1040 g/mol. The van der Waals surface area contributed by atoms with Gasteiger partial charge in [-0.1, -0.05) is 23.4 Å². The lowest BCUT2D eigenvalue weighted by molar-refractivity contribution is -0.790. The standard InChI is InChI=1S/C42H58N10O21/c1-63-18-7-16-47-17-21-65-37-15-10-29(22-36(37)47)26-68-39-25-48(41(53)66-19-5-3-8-33(72-51(59)60)27-69-49(55)56)31(23-35(39)30-11-13-32(64-2)14-12-30)24-38(40-43-45-46-44-40)71-42(54)67-20-6-4-9-34(73-52(61)62)28-70-50(57)58/h10-15,22,31,33-35,38-39H,3-9,16-21,23-28H2,1-2H3,(H,43,44,45,46). The van der Waals surface area contributed by atoms with Gasteiger partial charge in [0.05, 0.1) is 51.8 Å². The van der Waals surface area contributed by atoms with E-state index in [0.29, 0.717) is 25.5 Å². The van der Waals surface area contributed by atoms with Crippen LogP contribution in [0.25, 0.3) is 0 Å².